The fourth-order valence-electron chi connectivity index (χ4n) is 4.87. The van der Waals surface area contributed by atoms with Crippen molar-refractivity contribution >= 4 is 5.91 Å². The second kappa shape index (κ2) is 7.43. The standard InChI is InChI=1S/C23H24N4O2/c1-15-4-2-3-5-17(15)14-21(28)27-19-6-7-20(27)13-18(12-19)23-25-22(26-29-23)16-8-10-24-11-9-16/h2-5,8-11,18-20H,6-7,12-14H2,1H3/t18?,19-,20+. The molecule has 1 amide bonds. The van der Waals surface area contributed by atoms with Crippen molar-refractivity contribution in [3.05, 3.63) is 65.8 Å². The Hall–Kier alpha value is -3.02. The lowest BCUT2D eigenvalue weighted by Gasteiger charge is -2.38. The zero-order valence-corrected chi connectivity index (χ0v) is 16.5. The Morgan fingerprint density at radius 2 is 1.83 bits per heavy atom. The normalized spacial score (nSPS) is 23.3. The molecule has 6 nitrogen and oxygen atoms in total. The van der Waals surface area contributed by atoms with Crippen LogP contribution in [0.5, 0.6) is 0 Å². The van der Waals surface area contributed by atoms with Crippen LogP contribution in [0.1, 0.15) is 48.6 Å². The van der Waals surface area contributed by atoms with Crippen molar-refractivity contribution < 1.29 is 9.32 Å². The predicted molar refractivity (Wildman–Crippen MR) is 108 cm³/mol. The zero-order chi connectivity index (χ0) is 19.8. The van der Waals surface area contributed by atoms with Crippen LogP contribution in [0.25, 0.3) is 11.4 Å². The van der Waals surface area contributed by atoms with E-state index in [9.17, 15) is 4.79 Å². The van der Waals surface area contributed by atoms with Gasteiger partial charge in [0.15, 0.2) is 0 Å². The molecule has 1 unspecified atom stereocenters. The molecule has 2 aromatic heterocycles. The zero-order valence-electron chi connectivity index (χ0n) is 16.5. The number of rotatable bonds is 4. The third-order valence-corrected chi connectivity index (χ3v) is 6.35. The van der Waals surface area contributed by atoms with Crippen LogP contribution >= 0.6 is 0 Å². The largest absolute Gasteiger partial charge is 0.339 e. The fourth-order valence-corrected chi connectivity index (χ4v) is 4.87. The van der Waals surface area contributed by atoms with Crippen LogP contribution < -0.4 is 0 Å². The van der Waals surface area contributed by atoms with E-state index in [-0.39, 0.29) is 23.9 Å². The second-order valence-electron chi connectivity index (χ2n) is 8.15. The maximum Gasteiger partial charge on any atom is 0.230 e. The number of aryl methyl sites for hydroxylation is 1. The molecule has 1 aromatic carbocycles. The Morgan fingerprint density at radius 3 is 2.55 bits per heavy atom. The first-order valence-electron chi connectivity index (χ1n) is 10.3. The first-order valence-corrected chi connectivity index (χ1v) is 10.3. The van der Waals surface area contributed by atoms with E-state index in [1.165, 1.54) is 5.56 Å². The van der Waals surface area contributed by atoms with E-state index in [2.05, 4.69) is 39.1 Å². The van der Waals surface area contributed by atoms with E-state index < -0.39 is 0 Å². The van der Waals surface area contributed by atoms with E-state index in [0.29, 0.717) is 18.1 Å². The number of carbonyl (C=O) groups excluding carboxylic acids is 1. The molecular formula is C23H24N4O2. The van der Waals surface area contributed by atoms with Gasteiger partial charge in [0, 0.05) is 36.0 Å². The van der Waals surface area contributed by atoms with E-state index in [4.69, 9.17) is 4.52 Å². The summed E-state index contributed by atoms with van der Waals surface area (Å²) in [5, 5.41) is 4.16. The number of hydrogen-bond acceptors (Lipinski definition) is 5. The molecule has 3 atom stereocenters. The van der Waals surface area contributed by atoms with E-state index in [0.717, 1.165) is 36.8 Å². The molecule has 148 valence electrons. The Kier molecular flexibility index (Phi) is 4.62. The van der Waals surface area contributed by atoms with Crippen LogP contribution in [0.3, 0.4) is 0 Å². The lowest BCUT2D eigenvalue weighted by Crippen LogP contribution is -2.46. The molecule has 0 aliphatic carbocycles. The molecule has 6 heteroatoms. The molecule has 0 N–H and O–H groups in total. The van der Waals surface area contributed by atoms with Crippen molar-refractivity contribution in [2.45, 2.75) is 57.0 Å². The summed E-state index contributed by atoms with van der Waals surface area (Å²) in [5.41, 5.74) is 3.21. The summed E-state index contributed by atoms with van der Waals surface area (Å²) >= 11 is 0. The van der Waals surface area contributed by atoms with Crippen LogP contribution in [-0.2, 0) is 11.2 Å². The Labute approximate surface area is 170 Å². The summed E-state index contributed by atoms with van der Waals surface area (Å²) in [6, 6.07) is 12.4. The molecule has 2 saturated heterocycles. The number of nitrogens with zero attached hydrogens (tertiary/aromatic N) is 4. The summed E-state index contributed by atoms with van der Waals surface area (Å²) in [6.07, 6.45) is 7.85. The fraction of sp³-hybridized carbons (Fsp3) is 0.391. The maximum absolute atomic E-state index is 13.1. The summed E-state index contributed by atoms with van der Waals surface area (Å²) in [6.45, 7) is 2.07. The Bertz CT molecular complexity index is 1000. The number of carbonyl (C=O) groups is 1. The van der Waals surface area contributed by atoms with Gasteiger partial charge in [0.25, 0.3) is 0 Å². The SMILES string of the molecule is Cc1ccccc1CC(=O)N1[C@@H]2CC[C@H]1CC(c1nc(-c3ccncc3)no1)C2. The van der Waals surface area contributed by atoms with Gasteiger partial charge < -0.3 is 9.42 Å². The van der Waals surface area contributed by atoms with Crippen LogP contribution in [0.2, 0.25) is 0 Å². The minimum Gasteiger partial charge on any atom is -0.339 e. The van der Waals surface area contributed by atoms with Gasteiger partial charge in [-0.25, -0.2) is 0 Å². The number of piperidine rings is 1. The maximum atomic E-state index is 13.1. The second-order valence-corrected chi connectivity index (χ2v) is 8.15. The van der Waals surface area contributed by atoms with Crippen molar-refractivity contribution in [2.24, 2.45) is 0 Å². The minimum atomic E-state index is 0.220. The molecule has 2 aliphatic heterocycles. The van der Waals surface area contributed by atoms with Crippen molar-refractivity contribution in [1.82, 2.24) is 20.0 Å². The number of hydrogen-bond donors (Lipinski definition) is 0. The quantitative estimate of drug-likeness (QED) is 0.677. The highest BCUT2D eigenvalue weighted by molar-refractivity contribution is 5.80. The van der Waals surface area contributed by atoms with Gasteiger partial charge in [0.05, 0.1) is 6.42 Å². The lowest BCUT2D eigenvalue weighted by molar-refractivity contribution is -0.135. The van der Waals surface area contributed by atoms with Gasteiger partial charge in [-0.1, -0.05) is 29.4 Å². The molecule has 0 radical (unpaired) electrons. The van der Waals surface area contributed by atoms with E-state index in [1.807, 2.05) is 24.3 Å². The monoisotopic (exact) mass is 388 g/mol. The van der Waals surface area contributed by atoms with Crippen molar-refractivity contribution in [3.63, 3.8) is 0 Å². The first kappa shape index (κ1) is 18.0. The smallest absolute Gasteiger partial charge is 0.230 e. The van der Waals surface area contributed by atoms with Crippen molar-refractivity contribution in [3.8, 4) is 11.4 Å². The molecule has 3 aromatic rings. The average Bonchev–Trinajstić information content (AvgIpc) is 3.33. The van der Waals surface area contributed by atoms with Crippen LogP contribution in [0.15, 0.2) is 53.3 Å². The van der Waals surface area contributed by atoms with Gasteiger partial charge in [-0.3, -0.25) is 9.78 Å². The number of pyridine rings is 1. The number of aromatic nitrogens is 3. The Balaban J connectivity index is 1.30. The molecule has 5 rings (SSSR count). The minimum absolute atomic E-state index is 0.220. The van der Waals surface area contributed by atoms with Crippen LogP contribution in [-0.4, -0.2) is 38.0 Å². The van der Waals surface area contributed by atoms with E-state index in [1.54, 1.807) is 12.4 Å². The van der Waals surface area contributed by atoms with Gasteiger partial charge in [-0.2, -0.15) is 4.98 Å². The van der Waals surface area contributed by atoms with Gasteiger partial charge in [0.1, 0.15) is 0 Å². The van der Waals surface area contributed by atoms with E-state index >= 15 is 0 Å². The van der Waals surface area contributed by atoms with Gasteiger partial charge in [-0.05, 0) is 55.9 Å². The highest BCUT2D eigenvalue weighted by atomic mass is 16.5. The number of benzene rings is 1. The van der Waals surface area contributed by atoms with Gasteiger partial charge in [0.2, 0.25) is 17.6 Å². The van der Waals surface area contributed by atoms with Crippen molar-refractivity contribution in [1.29, 1.82) is 0 Å². The van der Waals surface area contributed by atoms with Crippen molar-refractivity contribution in [2.75, 3.05) is 0 Å². The molecule has 0 saturated carbocycles. The summed E-state index contributed by atoms with van der Waals surface area (Å²) in [5.74, 6) is 1.76. The summed E-state index contributed by atoms with van der Waals surface area (Å²) < 4.78 is 5.61. The third kappa shape index (κ3) is 3.43. The molecule has 4 heterocycles. The number of amides is 1. The topological polar surface area (TPSA) is 72.1 Å². The molecule has 2 aliphatic rings. The predicted octanol–water partition coefficient (Wildman–Crippen LogP) is 3.92. The van der Waals surface area contributed by atoms with Crippen LogP contribution in [0.4, 0.5) is 0 Å². The average molecular weight is 388 g/mol. The molecule has 2 bridgehead atoms. The highest BCUT2D eigenvalue weighted by Crippen LogP contribution is 2.43. The molecule has 2 fully saturated rings. The molecule has 29 heavy (non-hydrogen) atoms. The lowest BCUT2D eigenvalue weighted by atomic mass is 9.90. The van der Waals surface area contributed by atoms with Crippen LogP contribution in [0, 0.1) is 6.92 Å². The van der Waals surface area contributed by atoms with Gasteiger partial charge in [-0.15, -0.1) is 0 Å². The first-order chi connectivity index (χ1) is 14.2. The number of fused-ring (bicyclic) bond motifs is 2. The van der Waals surface area contributed by atoms with Gasteiger partial charge >= 0.3 is 0 Å². The Morgan fingerprint density at radius 1 is 1.10 bits per heavy atom. The summed E-state index contributed by atoms with van der Waals surface area (Å²) in [7, 11) is 0. The molecule has 0 spiro atoms. The summed E-state index contributed by atoms with van der Waals surface area (Å²) in [4.78, 5) is 23.9. The third-order valence-electron chi connectivity index (χ3n) is 6.35. The molecular weight excluding hydrogens is 364 g/mol. The highest BCUT2D eigenvalue weighted by Gasteiger charge is 2.44.